The van der Waals surface area contributed by atoms with E-state index in [4.69, 9.17) is 32.7 Å². The number of carbonyl (C=O) groups excluding carboxylic acids is 2. The van der Waals surface area contributed by atoms with Crippen LogP contribution in [0, 0.1) is 0 Å². The lowest BCUT2D eigenvalue weighted by molar-refractivity contribution is -0.136. The summed E-state index contributed by atoms with van der Waals surface area (Å²) in [6.45, 7) is 1.67. The van der Waals surface area contributed by atoms with Gasteiger partial charge < -0.3 is 9.47 Å². The van der Waals surface area contributed by atoms with E-state index in [1.807, 2.05) is 12.1 Å². The average molecular weight is 418 g/mol. The molecule has 1 amide bonds. The van der Waals surface area contributed by atoms with E-state index in [1.54, 1.807) is 43.3 Å². The molecule has 2 aromatic carbocycles. The van der Waals surface area contributed by atoms with E-state index in [0.717, 1.165) is 0 Å². The van der Waals surface area contributed by atoms with Crippen molar-refractivity contribution in [2.24, 2.45) is 0 Å². The smallest absolute Gasteiger partial charge is 0.340 e. The summed E-state index contributed by atoms with van der Waals surface area (Å²) in [7, 11) is 2.81. The zero-order valence-corrected chi connectivity index (χ0v) is 17.0. The molecular formula is C21H17Cl2NO4. The Kier molecular flexibility index (Phi) is 5.77. The molecule has 144 valence electrons. The van der Waals surface area contributed by atoms with E-state index in [9.17, 15) is 9.59 Å². The van der Waals surface area contributed by atoms with Crippen LogP contribution in [0.25, 0.3) is 6.08 Å². The van der Waals surface area contributed by atoms with Crippen molar-refractivity contribution in [1.82, 2.24) is 0 Å². The molecule has 0 atom stereocenters. The van der Waals surface area contributed by atoms with Crippen LogP contribution >= 0.6 is 23.2 Å². The lowest BCUT2D eigenvalue weighted by Crippen LogP contribution is -2.24. The molecule has 1 aliphatic heterocycles. The molecule has 0 radical (unpaired) electrons. The Morgan fingerprint density at radius 3 is 2.32 bits per heavy atom. The third-order valence-corrected chi connectivity index (χ3v) is 4.77. The molecular weight excluding hydrogens is 401 g/mol. The number of methoxy groups -OCH3 is 2. The molecule has 0 aliphatic carbocycles. The minimum Gasteiger partial charge on any atom is -0.496 e. The minimum atomic E-state index is -0.609. The lowest BCUT2D eigenvalue weighted by atomic mass is 10.0. The fourth-order valence-electron chi connectivity index (χ4n) is 3.10. The van der Waals surface area contributed by atoms with Gasteiger partial charge in [0.15, 0.2) is 0 Å². The van der Waals surface area contributed by atoms with Gasteiger partial charge in [-0.3, -0.25) is 9.69 Å². The molecule has 0 fully saturated rings. The predicted octanol–water partition coefficient (Wildman–Crippen LogP) is 4.88. The highest BCUT2D eigenvalue weighted by Gasteiger charge is 2.38. The second-order valence-electron chi connectivity index (χ2n) is 6.02. The Morgan fingerprint density at radius 1 is 1.07 bits per heavy atom. The van der Waals surface area contributed by atoms with Crippen LogP contribution < -0.4 is 9.64 Å². The Bertz CT molecular complexity index is 1010. The predicted molar refractivity (Wildman–Crippen MR) is 110 cm³/mol. The van der Waals surface area contributed by atoms with Crippen molar-refractivity contribution in [1.29, 1.82) is 0 Å². The number of nitrogens with zero attached hydrogens (tertiary/aromatic N) is 1. The molecule has 1 heterocycles. The van der Waals surface area contributed by atoms with Gasteiger partial charge in [-0.15, -0.1) is 0 Å². The van der Waals surface area contributed by atoms with Gasteiger partial charge in [-0.25, -0.2) is 4.79 Å². The van der Waals surface area contributed by atoms with E-state index in [0.29, 0.717) is 32.7 Å². The second-order valence-corrected chi connectivity index (χ2v) is 6.89. The van der Waals surface area contributed by atoms with E-state index in [2.05, 4.69) is 0 Å². The molecule has 28 heavy (non-hydrogen) atoms. The summed E-state index contributed by atoms with van der Waals surface area (Å²) in [4.78, 5) is 27.1. The van der Waals surface area contributed by atoms with Crippen LogP contribution in [0.15, 0.2) is 59.3 Å². The summed E-state index contributed by atoms with van der Waals surface area (Å²) < 4.78 is 10.3. The molecule has 0 unspecified atom stereocenters. The number of para-hydroxylation sites is 1. The monoisotopic (exact) mass is 417 g/mol. The van der Waals surface area contributed by atoms with Crippen molar-refractivity contribution in [2.45, 2.75) is 6.92 Å². The Labute approximate surface area is 172 Å². The van der Waals surface area contributed by atoms with Crippen molar-refractivity contribution >= 4 is 46.8 Å². The standard InChI is InChI=1S/C21H17Cl2NO4/c1-12-19(21(26)28-3)17(8-13-6-4-5-7-18(13)27-2)20(25)24(12)16-10-14(22)9-15(23)11-16/h4-11H,1-3H3/b17-8-. The number of hydrogen-bond acceptors (Lipinski definition) is 4. The van der Waals surface area contributed by atoms with Gasteiger partial charge in [-0.05, 0) is 37.3 Å². The first-order valence-corrected chi connectivity index (χ1v) is 9.07. The topological polar surface area (TPSA) is 55.8 Å². The number of esters is 1. The summed E-state index contributed by atoms with van der Waals surface area (Å²) in [5, 5.41) is 0.759. The number of halogens is 2. The van der Waals surface area contributed by atoms with Gasteiger partial charge in [0.25, 0.3) is 5.91 Å². The summed E-state index contributed by atoms with van der Waals surface area (Å²) in [6, 6.07) is 12.0. The van der Waals surface area contributed by atoms with Crippen molar-refractivity contribution < 1.29 is 19.1 Å². The van der Waals surface area contributed by atoms with Crippen LogP contribution in [0.2, 0.25) is 10.0 Å². The maximum Gasteiger partial charge on any atom is 0.340 e. The Hall–Kier alpha value is -2.76. The summed E-state index contributed by atoms with van der Waals surface area (Å²) in [6.07, 6.45) is 1.61. The molecule has 0 aromatic heterocycles. The number of rotatable bonds is 4. The first-order valence-electron chi connectivity index (χ1n) is 8.32. The Balaban J connectivity index is 2.19. The SMILES string of the molecule is COC(=O)C1=C(C)N(c2cc(Cl)cc(Cl)c2)C(=O)/C1=C\c1ccccc1OC. The lowest BCUT2D eigenvalue weighted by Gasteiger charge is -2.18. The molecule has 0 N–H and O–H groups in total. The number of benzene rings is 2. The van der Waals surface area contributed by atoms with Gasteiger partial charge >= 0.3 is 5.97 Å². The second kappa shape index (κ2) is 8.09. The fraction of sp³-hybridized carbons (Fsp3) is 0.143. The third kappa shape index (κ3) is 3.63. The van der Waals surface area contributed by atoms with Gasteiger partial charge in [0, 0.05) is 21.3 Å². The van der Waals surface area contributed by atoms with E-state index < -0.39 is 5.97 Å². The number of allylic oxidation sites excluding steroid dienone is 1. The van der Waals surface area contributed by atoms with Gasteiger partial charge in [0.2, 0.25) is 0 Å². The summed E-state index contributed by atoms with van der Waals surface area (Å²) in [5.41, 5.74) is 1.93. The molecule has 0 saturated carbocycles. The largest absolute Gasteiger partial charge is 0.496 e. The number of amides is 1. The first kappa shape index (κ1) is 20.0. The van der Waals surface area contributed by atoms with Crippen LogP contribution in [0.5, 0.6) is 5.75 Å². The van der Waals surface area contributed by atoms with Crippen molar-refractivity contribution in [3.05, 3.63) is 74.9 Å². The summed E-state index contributed by atoms with van der Waals surface area (Å²) in [5.74, 6) is -0.418. The summed E-state index contributed by atoms with van der Waals surface area (Å²) >= 11 is 12.2. The minimum absolute atomic E-state index is 0.175. The highest BCUT2D eigenvalue weighted by molar-refractivity contribution is 6.35. The zero-order valence-electron chi connectivity index (χ0n) is 15.5. The zero-order chi connectivity index (χ0) is 20.4. The highest BCUT2D eigenvalue weighted by Crippen LogP contribution is 2.38. The van der Waals surface area contributed by atoms with E-state index in [-0.39, 0.29) is 17.1 Å². The van der Waals surface area contributed by atoms with E-state index >= 15 is 0 Å². The molecule has 0 bridgehead atoms. The van der Waals surface area contributed by atoms with Gasteiger partial charge in [0.1, 0.15) is 5.75 Å². The first-order chi connectivity index (χ1) is 13.4. The highest BCUT2D eigenvalue weighted by atomic mass is 35.5. The quantitative estimate of drug-likeness (QED) is 0.525. The molecule has 7 heteroatoms. The molecule has 0 saturated heterocycles. The van der Waals surface area contributed by atoms with Crippen LogP contribution in [0.4, 0.5) is 5.69 Å². The van der Waals surface area contributed by atoms with Crippen molar-refractivity contribution in [3.63, 3.8) is 0 Å². The van der Waals surface area contributed by atoms with Crippen molar-refractivity contribution in [2.75, 3.05) is 19.1 Å². The van der Waals surface area contributed by atoms with E-state index in [1.165, 1.54) is 19.1 Å². The maximum atomic E-state index is 13.3. The van der Waals surface area contributed by atoms with Gasteiger partial charge in [-0.2, -0.15) is 0 Å². The average Bonchev–Trinajstić information content (AvgIpc) is 2.90. The maximum absolute atomic E-state index is 13.3. The normalized spacial score (nSPS) is 15.4. The van der Waals surface area contributed by atoms with Crippen LogP contribution in [-0.2, 0) is 14.3 Å². The number of hydrogen-bond donors (Lipinski definition) is 0. The number of carbonyl (C=O) groups is 2. The molecule has 2 aromatic rings. The number of ether oxygens (including phenoxy) is 2. The van der Waals surface area contributed by atoms with Crippen LogP contribution in [-0.4, -0.2) is 26.1 Å². The van der Waals surface area contributed by atoms with Crippen molar-refractivity contribution in [3.8, 4) is 5.75 Å². The van der Waals surface area contributed by atoms with Crippen LogP contribution in [0.1, 0.15) is 12.5 Å². The van der Waals surface area contributed by atoms with Gasteiger partial charge in [-0.1, -0.05) is 41.4 Å². The number of anilines is 1. The molecule has 0 spiro atoms. The van der Waals surface area contributed by atoms with Crippen LogP contribution in [0.3, 0.4) is 0 Å². The molecule has 5 nitrogen and oxygen atoms in total. The van der Waals surface area contributed by atoms with Gasteiger partial charge in [0.05, 0.1) is 31.1 Å². The third-order valence-electron chi connectivity index (χ3n) is 4.33. The Morgan fingerprint density at radius 2 is 1.71 bits per heavy atom. The molecule has 3 rings (SSSR count). The molecule has 1 aliphatic rings. The fourth-order valence-corrected chi connectivity index (χ4v) is 3.62.